The Balaban J connectivity index is 1.97. The fraction of sp³-hybridized carbons (Fsp3) is 0.467. The standard InChI is InChI=1S/C15H21N3O2/c1-11(7-8-13-6-5-9-20-13)18(4)15(19)14-10-17(3)16-12(14)2/h5-6,9-11H,7-8H2,1-4H3. The number of aromatic nitrogens is 2. The lowest BCUT2D eigenvalue weighted by atomic mass is 10.1. The number of hydrogen-bond acceptors (Lipinski definition) is 3. The van der Waals surface area contributed by atoms with Crippen molar-refractivity contribution in [2.75, 3.05) is 7.05 Å². The van der Waals surface area contributed by atoms with E-state index in [1.165, 1.54) is 0 Å². The van der Waals surface area contributed by atoms with Gasteiger partial charge in [0, 0.05) is 32.8 Å². The molecule has 0 saturated carbocycles. The van der Waals surface area contributed by atoms with Crippen molar-refractivity contribution in [3.05, 3.63) is 41.6 Å². The number of aryl methyl sites for hydroxylation is 3. The van der Waals surface area contributed by atoms with Gasteiger partial charge in [-0.25, -0.2) is 0 Å². The Kier molecular flexibility index (Phi) is 4.27. The summed E-state index contributed by atoms with van der Waals surface area (Å²) in [5, 5.41) is 4.21. The van der Waals surface area contributed by atoms with Crippen LogP contribution in [0, 0.1) is 6.92 Å². The van der Waals surface area contributed by atoms with Gasteiger partial charge in [0.15, 0.2) is 0 Å². The number of carbonyl (C=O) groups is 1. The molecule has 5 heteroatoms. The topological polar surface area (TPSA) is 51.3 Å². The Labute approximate surface area is 119 Å². The molecule has 2 rings (SSSR count). The second-order valence-corrected chi connectivity index (χ2v) is 5.18. The number of rotatable bonds is 5. The first kappa shape index (κ1) is 14.4. The minimum atomic E-state index is 0.0162. The summed E-state index contributed by atoms with van der Waals surface area (Å²) in [5.41, 5.74) is 1.43. The van der Waals surface area contributed by atoms with E-state index in [0.29, 0.717) is 5.56 Å². The first-order chi connectivity index (χ1) is 9.49. The van der Waals surface area contributed by atoms with E-state index in [1.54, 1.807) is 22.0 Å². The van der Waals surface area contributed by atoms with Gasteiger partial charge in [-0.2, -0.15) is 5.10 Å². The zero-order valence-electron chi connectivity index (χ0n) is 12.5. The van der Waals surface area contributed by atoms with Crippen LogP contribution >= 0.6 is 0 Å². The van der Waals surface area contributed by atoms with Crippen molar-refractivity contribution < 1.29 is 9.21 Å². The molecule has 2 aromatic rings. The Morgan fingerprint density at radius 3 is 2.85 bits per heavy atom. The molecule has 20 heavy (non-hydrogen) atoms. The Hall–Kier alpha value is -2.04. The van der Waals surface area contributed by atoms with E-state index >= 15 is 0 Å². The monoisotopic (exact) mass is 275 g/mol. The molecule has 2 aromatic heterocycles. The average molecular weight is 275 g/mol. The fourth-order valence-corrected chi connectivity index (χ4v) is 2.20. The highest BCUT2D eigenvalue weighted by Gasteiger charge is 2.21. The lowest BCUT2D eigenvalue weighted by Crippen LogP contribution is -2.35. The average Bonchev–Trinajstić information content (AvgIpc) is 3.03. The van der Waals surface area contributed by atoms with E-state index in [2.05, 4.69) is 5.10 Å². The number of furan rings is 1. The largest absolute Gasteiger partial charge is 0.469 e. The van der Waals surface area contributed by atoms with Gasteiger partial charge < -0.3 is 9.32 Å². The molecule has 5 nitrogen and oxygen atoms in total. The predicted octanol–water partition coefficient (Wildman–Crippen LogP) is 2.41. The Morgan fingerprint density at radius 2 is 2.30 bits per heavy atom. The molecular formula is C15H21N3O2. The third-order valence-corrected chi connectivity index (χ3v) is 3.61. The van der Waals surface area contributed by atoms with Gasteiger partial charge in [0.2, 0.25) is 0 Å². The maximum absolute atomic E-state index is 12.4. The molecule has 0 spiro atoms. The molecule has 0 bridgehead atoms. The quantitative estimate of drug-likeness (QED) is 0.842. The van der Waals surface area contributed by atoms with Crippen LogP contribution in [0.1, 0.15) is 35.2 Å². The molecule has 0 aliphatic heterocycles. The molecule has 2 heterocycles. The minimum absolute atomic E-state index is 0.0162. The highest BCUT2D eigenvalue weighted by molar-refractivity contribution is 5.95. The second kappa shape index (κ2) is 5.94. The van der Waals surface area contributed by atoms with Crippen molar-refractivity contribution in [1.82, 2.24) is 14.7 Å². The molecule has 1 amide bonds. The Morgan fingerprint density at radius 1 is 1.55 bits per heavy atom. The molecule has 108 valence electrons. The van der Waals surface area contributed by atoms with Crippen LogP contribution in [-0.4, -0.2) is 33.7 Å². The first-order valence-electron chi connectivity index (χ1n) is 6.79. The molecule has 0 aliphatic rings. The van der Waals surface area contributed by atoms with Crippen LogP contribution in [0.3, 0.4) is 0 Å². The number of hydrogen-bond donors (Lipinski definition) is 0. The highest BCUT2D eigenvalue weighted by atomic mass is 16.3. The van der Waals surface area contributed by atoms with Gasteiger partial charge in [-0.3, -0.25) is 9.48 Å². The number of nitrogens with zero attached hydrogens (tertiary/aromatic N) is 3. The molecular weight excluding hydrogens is 254 g/mol. The lowest BCUT2D eigenvalue weighted by molar-refractivity contribution is 0.0735. The first-order valence-corrected chi connectivity index (χ1v) is 6.79. The fourth-order valence-electron chi connectivity index (χ4n) is 2.20. The molecule has 0 aromatic carbocycles. The van der Waals surface area contributed by atoms with E-state index in [1.807, 2.05) is 40.1 Å². The summed E-state index contributed by atoms with van der Waals surface area (Å²) in [5.74, 6) is 0.970. The van der Waals surface area contributed by atoms with Crippen LogP contribution in [-0.2, 0) is 13.5 Å². The van der Waals surface area contributed by atoms with E-state index in [4.69, 9.17) is 4.42 Å². The minimum Gasteiger partial charge on any atom is -0.469 e. The summed E-state index contributed by atoms with van der Waals surface area (Å²) in [6.07, 6.45) is 5.15. The molecule has 0 fully saturated rings. The highest BCUT2D eigenvalue weighted by Crippen LogP contribution is 2.14. The maximum Gasteiger partial charge on any atom is 0.257 e. The van der Waals surface area contributed by atoms with E-state index in [-0.39, 0.29) is 11.9 Å². The molecule has 0 aliphatic carbocycles. The third kappa shape index (κ3) is 3.10. The van der Waals surface area contributed by atoms with Crippen molar-refractivity contribution in [3.63, 3.8) is 0 Å². The predicted molar refractivity (Wildman–Crippen MR) is 76.5 cm³/mol. The number of amides is 1. The summed E-state index contributed by atoms with van der Waals surface area (Å²) < 4.78 is 6.98. The van der Waals surface area contributed by atoms with Crippen molar-refractivity contribution in [3.8, 4) is 0 Å². The molecule has 1 atom stereocenters. The summed E-state index contributed by atoms with van der Waals surface area (Å²) in [4.78, 5) is 14.2. The van der Waals surface area contributed by atoms with Gasteiger partial charge in [-0.05, 0) is 32.4 Å². The van der Waals surface area contributed by atoms with Gasteiger partial charge in [0.05, 0.1) is 17.5 Å². The summed E-state index contributed by atoms with van der Waals surface area (Å²) in [6.45, 7) is 3.90. The molecule has 1 unspecified atom stereocenters. The summed E-state index contributed by atoms with van der Waals surface area (Å²) >= 11 is 0. The Bertz CT molecular complexity index is 572. The summed E-state index contributed by atoms with van der Waals surface area (Å²) in [7, 11) is 3.66. The molecule has 0 radical (unpaired) electrons. The van der Waals surface area contributed by atoms with Gasteiger partial charge in [0.1, 0.15) is 5.76 Å². The summed E-state index contributed by atoms with van der Waals surface area (Å²) in [6, 6.07) is 3.99. The van der Waals surface area contributed by atoms with Crippen molar-refractivity contribution >= 4 is 5.91 Å². The normalized spacial score (nSPS) is 12.4. The van der Waals surface area contributed by atoms with Crippen LogP contribution in [0.15, 0.2) is 29.0 Å². The van der Waals surface area contributed by atoms with Crippen LogP contribution in [0.2, 0.25) is 0 Å². The van der Waals surface area contributed by atoms with Crippen molar-refractivity contribution in [1.29, 1.82) is 0 Å². The van der Waals surface area contributed by atoms with E-state index in [0.717, 1.165) is 24.3 Å². The molecule has 0 N–H and O–H groups in total. The number of carbonyl (C=O) groups excluding carboxylic acids is 1. The van der Waals surface area contributed by atoms with Gasteiger partial charge >= 0.3 is 0 Å². The SMILES string of the molecule is Cc1nn(C)cc1C(=O)N(C)C(C)CCc1ccco1. The van der Waals surface area contributed by atoms with Crippen molar-refractivity contribution in [2.24, 2.45) is 7.05 Å². The van der Waals surface area contributed by atoms with Crippen molar-refractivity contribution in [2.45, 2.75) is 32.7 Å². The van der Waals surface area contributed by atoms with Gasteiger partial charge in [-0.15, -0.1) is 0 Å². The van der Waals surface area contributed by atoms with Crippen LogP contribution < -0.4 is 0 Å². The van der Waals surface area contributed by atoms with Crippen LogP contribution in [0.4, 0.5) is 0 Å². The maximum atomic E-state index is 12.4. The van der Waals surface area contributed by atoms with E-state index < -0.39 is 0 Å². The zero-order chi connectivity index (χ0) is 14.7. The smallest absolute Gasteiger partial charge is 0.257 e. The second-order valence-electron chi connectivity index (χ2n) is 5.18. The van der Waals surface area contributed by atoms with E-state index in [9.17, 15) is 4.79 Å². The third-order valence-electron chi connectivity index (χ3n) is 3.61. The van der Waals surface area contributed by atoms with Crippen LogP contribution in [0.25, 0.3) is 0 Å². The molecule has 0 saturated heterocycles. The van der Waals surface area contributed by atoms with Gasteiger partial charge in [-0.1, -0.05) is 0 Å². The lowest BCUT2D eigenvalue weighted by Gasteiger charge is -2.24. The van der Waals surface area contributed by atoms with Gasteiger partial charge in [0.25, 0.3) is 5.91 Å². The zero-order valence-corrected chi connectivity index (χ0v) is 12.5. The van der Waals surface area contributed by atoms with Crippen LogP contribution in [0.5, 0.6) is 0 Å².